The molecule has 1 fully saturated rings. The molecular weight excluding hydrogens is 250 g/mol. The largest absolute Gasteiger partial charge is 0.388 e. The molecule has 0 aromatic rings. The second kappa shape index (κ2) is 8.14. The quantitative estimate of drug-likeness (QED) is 0.474. The lowest BCUT2D eigenvalue weighted by atomic mass is 9.98. The third kappa shape index (κ3) is 4.98. The molecule has 114 valence electrons. The Hall–Kier alpha value is -0.240. The van der Waals surface area contributed by atoms with Gasteiger partial charge in [-0.1, -0.05) is 27.2 Å². The summed E-state index contributed by atoms with van der Waals surface area (Å²) >= 11 is 0. The van der Waals surface area contributed by atoms with E-state index in [9.17, 15) is 15.3 Å². The fourth-order valence-electron chi connectivity index (χ4n) is 1.92. The highest BCUT2D eigenvalue weighted by Crippen LogP contribution is 2.22. The topological polar surface area (TPSA) is 91.2 Å². The van der Waals surface area contributed by atoms with Crippen LogP contribution in [0, 0.1) is 0 Å². The zero-order valence-corrected chi connectivity index (χ0v) is 12.0. The normalized spacial score (nSPS) is 35.8. The number of aliphatic hydroxyl groups is 3. The van der Waals surface area contributed by atoms with E-state index in [0.717, 1.165) is 12.8 Å². The summed E-state index contributed by atoms with van der Waals surface area (Å²) in [5.41, 5.74) is 0. The molecule has 0 radical (unpaired) electrons. The second-order valence-electron chi connectivity index (χ2n) is 5.30. The molecule has 19 heavy (non-hydrogen) atoms. The number of hydrogen-bond donors (Lipinski definition) is 4. The maximum absolute atomic E-state index is 9.88. The molecular formula is C13H27NO5. The lowest BCUT2D eigenvalue weighted by Gasteiger charge is -2.40. The summed E-state index contributed by atoms with van der Waals surface area (Å²) in [6, 6.07) is 0.249. The number of nitrogens with one attached hydrogen (secondary N) is 1. The molecule has 0 spiro atoms. The Labute approximate surface area is 114 Å². The van der Waals surface area contributed by atoms with Crippen LogP contribution in [0.5, 0.6) is 0 Å². The molecule has 5 atom stereocenters. The first kappa shape index (κ1) is 16.8. The molecule has 6 heteroatoms. The molecule has 0 aromatic carbocycles. The fraction of sp³-hybridized carbons (Fsp3) is 1.00. The molecule has 0 aromatic heterocycles. The first-order chi connectivity index (χ1) is 8.97. The van der Waals surface area contributed by atoms with E-state index in [-0.39, 0.29) is 6.04 Å². The maximum Gasteiger partial charge on any atom is 0.186 e. The average molecular weight is 277 g/mol. The summed E-state index contributed by atoms with van der Waals surface area (Å²) in [6.07, 6.45) is -3.22. The van der Waals surface area contributed by atoms with E-state index < -0.39 is 30.7 Å². The minimum absolute atomic E-state index is 0.249. The average Bonchev–Trinajstić information content (AvgIpc) is 2.37. The molecule has 1 saturated heterocycles. The Bertz CT molecular complexity index is 251. The van der Waals surface area contributed by atoms with Crippen LogP contribution in [-0.4, -0.2) is 65.2 Å². The highest BCUT2D eigenvalue weighted by atomic mass is 16.7. The summed E-state index contributed by atoms with van der Waals surface area (Å²) in [5.74, 6) is 0. The first-order valence-electron chi connectivity index (χ1n) is 7.02. The number of unbranched alkanes of at least 4 members (excludes halogenated alkanes) is 1. The van der Waals surface area contributed by atoms with Crippen molar-refractivity contribution in [2.75, 3.05) is 13.2 Å². The fourth-order valence-corrected chi connectivity index (χ4v) is 1.92. The van der Waals surface area contributed by atoms with Crippen LogP contribution in [0.2, 0.25) is 0 Å². The van der Waals surface area contributed by atoms with Crippen molar-refractivity contribution in [3.8, 4) is 0 Å². The molecule has 0 bridgehead atoms. The van der Waals surface area contributed by atoms with Crippen molar-refractivity contribution in [2.45, 2.75) is 70.4 Å². The van der Waals surface area contributed by atoms with Crippen molar-refractivity contribution in [2.24, 2.45) is 0 Å². The van der Waals surface area contributed by atoms with E-state index >= 15 is 0 Å². The van der Waals surface area contributed by atoms with Gasteiger partial charge >= 0.3 is 0 Å². The van der Waals surface area contributed by atoms with Crippen LogP contribution in [-0.2, 0) is 9.47 Å². The van der Waals surface area contributed by atoms with E-state index in [2.05, 4.69) is 5.32 Å². The molecule has 1 aliphatic heterocycles. The molecule has 1 rings (SSSR count). The van der Waals surface area contributed by atoms with Gasteiger partial charge in [-0.15, -0.1) is 0 Å². The predicted molar refractivity (Wildman–Crippen MR) is 70.7 cm³/mol. The van der Waals surface area contributed by atoms with Crippen LogP contribution in [0.4, 0.5) is 0 Å². The Balaban J connectivity index is 2.52. The molecule has 0 saturated carbocycles. The van der Waals surface area contributed by atoms with E-state index in [1.165, 1.54) is 0 Å². The Kier molecular flexibility index (Phi) is 7.20. The van der Waals surface area contributed by atoms with Crippen molar-refractivity contribution >= 4 is 0 Å². The zero-order valence-electron chi connectivity index (χ0n) is 12.0. The highest BCUT2D eigenvalue weighted by Gasteiger charge is 2.43. The Morgan fingerprint density at radius 1 is 1.16 bits per heavy atom. The van der Waals surface area contributed by atoms with Crippen LogP contribution >= 0.6 is 0 Å². The van der Waals surface area contributed by atoms with Crippen LogP contribution in [0.15, 0.2) is 0 Å². The lowest BCUT2D eigenvalue weighted by molar-refractivity contribution is -0.295. The first-order valence-corrected chi connectivity index (χ1v) is 7.02. The van der Waals surface area contributed by atoms with Gasteiger partial charge in [0.05, 0.1) is 0 Å². The van der Waals surface area contributed by atoms with Gasteiger partial charge in [-0.25, -0.2) is 0 Å². The number of hydrogen-bond acceptors (Lipinski definition) is 6. The maximum atomic E-state index is 9.88. The highest BCUT2D eigenvalue weighted by molar-refractivity contribution is 4.90. The van der Waals surface area contributed by atoms with Crippen molar-refractivity contribution in [3.63, 3.8) is 0 Å². The van der Waals surface area contributed by atoms with Gasteiger partial charge in [-0.05, 0) is 6.42 Å². The van der Waals surface area contributed by atoms with Gasteiger partial charge in [0.1, 0.15) is 24.4 Å². The number of ether oxygens (including phenoxy) is 2. The van der Waals surface area contributed by atoms with Gasteiger partial charge in [-0.2, -0.15) is 0 Å². The van der Waals surface area contributed by atoms with E-state index in [1.807, 2.05) is 20.8 Å². The van der Waals surface area contributed by atoms with Gasteiger partial charge in [-0.3, -0.25) is 0 Å². The molecule has 0 amide bonds. The number of aliphatic hydroxyl groups excluding tert-OH is 3. The monoisotopic (exact) mass is 277 g/mol. The van der Waals surface area contributed by atoms with Gasteiger partial charge in [0.15, 0.2) is 6.29 Å². The number of rotatable bonds is 7. The van der Waals surface area contributed by atoms with Gasteiger partial charge in [0.2, 0.25) is 0 Å². The summed E-state index contributed by atoms with van der Waals surface area (Å²) in [4.78, 5) is 0. The minimum atomic E-state index is -1.25. The van der Waals surface area contributed by atoms with Crippen molar-refractivity contribution < 1.29 is 24.8 Å². The Morgan fingerprint density at radius 2 is 1.84 bits per heavy atom. The van der Waals surface area contributed by atoms with Crippen LogP contribution in [0.1, 0.15) is 33.6 Å². The second-order valence-corrected chi connectivity index (χ2v) is 5.30. The predicted octanol–water partition coefficient (Wildman–Crippen LogP) is -0.391. The van der Waals surface area contributed by atoms with Crippen LogP contribution in [0.25, 0.3) is 0 Å². The molecule has 1 heterocycles. The molecule has 6 nitrogen and oxygen atoms in total. The summed E-state index contributed by atoms with van der Waals surface area (Å²) in [7, 11) is 0. The lowest BCUT2D eigenvalue weighted by Crippen LogP contribution is -2.60. The van der Waals surface area contributed by atoms with Gasteiger partial charge in [0, 0.05) is 19.2 Å². The summed E-state index contributed by atoms with van der Waals surface area (Å²) in [5, 5.41) is 32.7. The third-order valence-corrected chi connectivity index (χ3v) is 3.18. The smallest absolute Gasteiger partial charge is 0.186 e. The summed E-state index contributed by atoms with van der Waals surface area (Å²) in [6.45, 7) is 6.86. The van der Waals surface area contributed by atoms with Crippen LogP contribution < -0.4 is 5.32 Å². The van der Waals surface area contributed by atoms with Gasteiger partial charge < -0.3 is 30.1 Å². The zero-order chi connectivity index (χ0) is 14.4. The molecule has 1 aliphatic rings. The van der Waals surface area contributed by atoms with Crippen molar-refractivity contribution in [1.29, 1.82) is 0 Å². The van der Waals surface area contributed by atoms with Crippen molar-refractivity contribution in [1.82, 2.24) is 5.32 Å². The minimum Gasteiger partial charge on any atom is -0.388 e. The van der Waals surface area contributed by atoms with E-state index in [1.54, 1.807) is 0 Å². The van der Waals surface area contributed by atoms with E-state index in [4.69, 9.17) is 9.47 Å². The molecule has 4 N–H and O–H groups in total. The standard InChI is InChI=1S/C13H27NO5/c1-4-5-6-18-13-12(17)11(16)10(15)9(19-13)7-14-8(2)3/h8-17H,4-7H2,1-3H3/t9-,10-,11+,12-,13+/m1/s1. The SMILES string of the molecule is CCCCO[C@H]1O[C@H](CNC(C)C)[C@@H](O)[C@H](O)[C@H]1O. The van der Waals surface area contributed by atoms with Gasteiger partial charge in [0.25, 0.3) is 0 Å². The van der Waals surface area contributed by atoms with Crippen LogP contribution in [0.3, 0.4) is 0 Å². The summed E-state index contributed by atoms with van der Waals surface area (Å²) < 4.78 is 11.0. The molecule has 0 aliphatic carbocycles. The third-order valence-electron chi connectivity index (χ3n) is 3.18. The Morgan fingerprint density at radius 3 is 2.42 bits per heavy atom. The molecule has 0 unspecified atom stereocenters. The van der Waals surface area contributed by atoms with E-state index in [0.29, 0.717) is 13.2 Å². The van der Waals surface area contributed by atoms with Crippen molar-refractivity contribution in [3.05, 3.63) is 0 Å².